The number of urea groups is 1. The van der Waals surface area contributed by atoms with Gasteiger partial charge in [-0.25, -0.2) is 9.59 Å². The number of halogens is 4. The van der Waals surface area contributed by atoms with Crippen molar-refractivity contribution >= 4 is 69.9 Å². The highest BCUT2D eigenvalue weighted by Crippen LogP contribution is 2.26. The standard InChI is InChI=1S/C23H19Cl4N3O3/c24-18-8-6-15(11-20(18)26)28-22(31)29-17(10-14-4-2-1-3-5-14)13-33-23(32)30-16-7-9-19(25)21(27)12-16/h1-9,11-12,17H,10,13H2,(H,30,32)(H2,28,29,31)/t17-/m1/s1. The van der Waals surface area contributed by atoms with Gasteiger partial charge in [0.15, 0.2) is 0 Å². The van der Waals surface area contributed by atoms with E-state index in [-0.39, 0.29) is 6.61 Å². The molecule has 0 bridgehead atoms. The maximum atomic E-state index is 12.5. The van der Waals surface area contributed by atoms with E-state index in [9.17, 15) is 9.59 Å². The van der Waals surface area contributed by atoms with Crippen LogP contribution in [-0.2, 0) is 11.2 Å². The number of rotatable bonds is 7. The van der Waals surface area contributed by atoms with Gasteiger partial charge in [0.1, 0.15) is 6.61 Å². The second-order valence-corrected chi connectivity index (χ2v) is 8.60. The number of hydrogen-bond donors (Lipinski definition) is 3. The molecule has 0 aliphatic carbocycles. The normalized spacial score (nSPS) is 11.4. The van der Waals surface area contributed by atoms with Gasteiger partial charge in [-0.2, -0.15) is 0 Å². The minimum atomic E-state index is -0.696. The summed E-state index contributed by atoms with van der Waals surface area (Å²) in [5.74, 6) is 0. The van der Waals surface area contributed by atoms with Crippen LogP contribution in [0.2, 0.25) is 20.1 Å². The lowest BCUT2D eigenvalue weighted by molar-refractivity contribution is 0.148. The smallest absolute Gasteiger partial charge is 0.411 e. The van der Waals surface area contributed by atoms with Gasteiger partial charge in [0, 0.05) is 11.4 Å². The van der Waals surface area contributed by atoms with Gasteiger partial charge < -0.3 is 15.4 Å². The predicted octanol–water partition coefficient (Wildman–Crippen LogP) is 7.28. The first-order valence-electron chi connectivity index (χ1n) is 9.75. The molecule has 3 rings (SSSR count). The van der Waals surface area contributed by atoms with Gasteiger partial charge in [-0.05, 0) is 48.4 Å². The maximum absolute atomic E-state index is 12.5. The van der Waals surface area contributed by atoms with Crippen molar-refractivity contribution in [3.05, 3.63) is 92.4 Å². The molecular formula is C23H19Cl4N3O3. The zero-order valence-corrected chi connectivity index (χ0v) is 20.1. The van der Waals surface area contributed by atoms with Crippen molar-refractivity contribution in [2.45, 2.75) is 12.5 Å². The first-order chi connectivity index (χ1) is 15.8. The fourth-order valence-corrected chi connectivity index (χ4v) is 3.48. The lowest BCUT2D eigenvalue weighted by Crippen LogP contribution is -2.43. The Morgan fingerprint density at radius 3 is 1.91 bits per heavy atom. The van der Waals surface area contributed by atoms with Gasteiger partial charge in [-0.15, -0.1) is 0 Å². The van der Waals surface area contributed by atoms with E-state index in [2.05, 4.69) is 16.0 Å². The van der Waals surface area contributed by atoms with Crippen LogP contribution in [0.3, 0.4) is 0 Å². The molecule has 3 aromatic rings. The molecule has 0 spiro atoms. The van der Waals surface area contributed by atoms with E-state index in [1.165, 1.54) is 12.1 Å². The number of anilines is 2. The molecule has 3 N–H and O–H groups in total. The van der Waals surface area contributed by atoms with Crippen molar-refractivity contribution in [3.63, 3.8) is 0 Å². The van der Waals surface area contributed by atoms with Crippen LogP contribution in [0, 0.1) is 0 Å². The van der Waals surface area contributed by atoms with Crippen LogP contribution in [0.1, 0.15) is 5.56 Å². The Balaban J connectivity index is 1.61. The van der Waals surface area contributed by atoms with Gasteiger partial charge >= 0.3 is 12.1 Å². The second kappa shape index (κ2) is 12.0. The first-order valence-corrected chi connectivity index (χ1v) is 11.3. The molecule has 0 saturated carbocycles. The molecule has 0 saturated heterocycles. The molecule has 0 heterocycles. The Kier molecular flexibility index (Phi) is 9.09. The summed E-state index contributed by atoms with van der Waals surface area (Å²) in [4.78, 5) is 24.8. The molecule has 0 fully saturated rings. The molecule has 0 radical (unpaired) electrons. The van der Waals surface area contributed by atoms with Crippen LogP contribution >= 0.6 is 46.4 Å². The van der Waals surface area contributed by atoms with Crippen molar-refractivity contribution in [1.82, 2.24) is 5.32 Å². The van der Waals surface area contributed by atoms with Crippen molar-refractivity contribution < 1.29 is 14.3 Å². The zero-order valence-electron chi connectivity index (χ0n) is 17.1. The van der Waals surface area contributed by atoms with Gasteiger partial charge in [0.25, 0.3) is 0 Å². The Labute approximate surface area is 211 Å². The summed E-state index contributed by atoms with van der Waals surface area (Å²) in [6.45, 7) is -0.0726. The summed E-state index contributed by atoms with van der Waals surface area (Å²) in [5, 5.41) is 9.45. The molecule has 6 nitrogen and oxygen atoms in total. The van der Waals surface area contributed by atoms with E-state index in [4.69, 9.17) is 51.1 Å². The summed E-state index contributed by atoms with van der Waals surface area (Å²) >= 11 is 23.8. The topological polar surface area (TPSA) is 79.5 Å². The van der Waals surface area contributed by atoms with Crippen molar-refractivity contribution in [3.8, 4) is 0 Å². The molecule has 0 aromatic heterocycles. The van der Waals surface area contributed by atoms with Gasteiger partial charge in [-0.3, -0.25) is 5.32 Å². The van der Waals surface area contributed by atoms with E-state index in [1.54, 1.807) is 24.3 Å². The molecule has 0 aliphatic heterocycles. The Hall–Kier alpha value is -2.64. The molecule has 3 amide bonds. The quantitative estimate of drug-likeness (QED) is 0.302. The number of benzene rings is 3. The SMILES string of the molecule is O=C(Nc1ccc(Cl)c(Cl)c1)N[C@@H](COC(=O)Nc1ccc(Cl)c(Cl)c1)Cc1ccccc1. The Morgan fingerprint density at radius 1 is 0.758 bits per heavy atom. The number of carbonyl (C=O) groups excluding carboxylic acids is 2. The van der Waals surface area contributed by atoms with Crippen LogP contribution in [-0.4, -0.2) is 24.8 Å². The summed E-state index contributed by atoms with van der Waals surface area (Å²) in [5.41, 5.74) is 1.86. The van der Waals surface area contributed by atoms with E-state index >= 15 is 0 Å². The summed E-state index contributed by atoms with van der Waals surface area (Å²) in [6, 6.07) is 17.9. The molecule has 0 unspecified atom stereocenters. The average molecular weight is 527 g/mol. The fraction of sp³-hybridized carbons (Fsp3) is 0.130. The van der Waals surface area contributed by atoms with E-state index < -0.39 is 18.2 Å². The lowest BCUT2D eigenvalue weighted by Gasteiger charge is -2.20. The molecule has 3 aromatic carbocycles. The number of carbonyl (C=O) groups is 2. The van der Waals surface area contributed by atoms with Gasteiger partial charge in [0.05, 0.1) is 26.1 Å². The second-order valence-electron chi connectivity index (χ2n) is 6.97. The largest absolute Gasteiger partial charge is 0.447 e. The third-order valence-electron chi connectivity index (χ3n) is 4.42. The third-order valence-corrected chi connectivity index (χ3v) is 5.90. The summed E-state index contributed by atoms with van der Waals surface area (Å²) < 4.78 is 5.33. The first kappa shape index (κ1) is 25.0. The average Bonchev–Trinajstić information content (AvgIpc) is 2.78. The van der Waals surface area contributed by atoms with Crippen LogP contribution in [0.5, 0.6) is 0 Å². The van der Waals surface area contributed by atoms with Crippen molar-refractivity contribution in [2.75, 3.05) is 17.2 Å². The molecular weight excluding hydrogens is 508 g/mol. The van der Waals surface area contributed by atoms with Crippen LogP contribution in [0.15, 0.2) is 66.7 Å². The van der Waals surface area contributed by atoms with Crippen LogP contribution < -0.4 is 16.0 Å². The molecule has 33 heavy (non-hydrogen) atoms. The molecule has 1 atom stereocenters. The van der Waals surface area contributed by atoms with Crippen LogP contribution in [0.25, 0.3) is 0 Å². The van der Waals surface area contributed by atoms with E-state index in [0.29, 0.717) is 37.9 Å². The summed E-state index contributed by atoms with van der Waals surface area (Å²) in [6.07, 6.45) is -0.256. The number of nitrogens with one attached hydrogen (secondary N) is 3. The Bertz CT molecular complexity index is 1130. The van der Waals surface area contributed by atoms with Gasteiger partial charge in [0.2, 0.25) is 0 Å². The predicted molar refractivity (Wildman–Crippen MR) is 134 cm³/mol. The highest BCUT2D eigenvalue weighted by molar-refractivity contribution is 6.42. The minimum absolute atomic E-state index is 0.0726. The fourth-order valence-electron chi connectivity index (χ4n) is 2.88. The van der Waals surface area contributed by atoms with Crippen molar-refractivity contribution in [2.24, 2.45) is 0 Å². The number of ether oxygens (including phenoxy) is 1. The highest BCUT2D eigenvalue weighted by atomic mass is 35.5. The number of amides is 3. The molecule has 172 valence electrons. The minimum Gasteiger partial charge on any atom is -0.447 e. The monoisotopic (exact) mass is 525 g/mol. The number of hydrogen-bond acceptors (Lipinski definition) is 3. The molecule has 0 aliphatic rings. The third kappa shape index (κ3) is 8.02. The maximum Gasteiger partial charge on any atom is 0.411 e. The van der Waals surface area contributed by atoms with Crippen LogP contribution in [0.4, 0.5) is 21.0 Å². The Morgan fingerprint density at radius 2 is 1.33 bits per heavy atom. The molecule has 10 heteroatoms. The van der Waals surface area contributed by atoms with Gasteiger partial charge in [-0.1, -0.05) is 76.7 Å². The zero-order chi connectivity index (χ0) is 23.8. The van der Waals surface area contributed by atoms with E-state index in [1.807, 2.05) is 30.3 Å². The van der Waals surface area contributed by atoms with E-state index in [0.717, 1.165) is 5.56 Å². The van der Waals surface area contributed by atoms with Crippen molar-refractivity contribution in [1.29, 1.82) is 0 Å². The highest BCUT2D eigenvalue weighted by Gasteiger charge is 2.17. The lowest BCUT2D eigenvalue weighted by atomic mass is 10.1. The summed E-state index contributed by atoms with van der Waals surface area (Å²) in [7, 11) is 0.